The van der Waals surface area contributed by atoms with Gasteiger partial charge in [-0.05, 0) is 24.3 Å². The Morgan fingerprint density at radius 3 is 1.44 bits per heavy atom. The third kappa shape index (κ3) is 3.27. The molecule has 11 heteroatoms. The van der Waals surface area contributed by atoms with E-state index in [0.29, 0.717) is 0 Å². The van der Waals surface area contributed by atoms with Gasteiger partial charge in [0.2, 0.25) is 11.6 Å². The number of imidazole rings is 2. The van der Waals surface area contributed by atoms with Gasteiger partial charge in [0, 0.05) is 12.1 Å². The highest BCUT2D eigenvalue weighted by Crippen LogP contribution is 2.32. The van der Waals surface area contributed by atoms with Crippen LogP contribution in [-0.2, 0) is 12.4 Å². The normalized spacial score (nSPS) is 12.8. The summed E-state index contributed by atoms with van der Waals surface area (Å²) in [6, 6.07) is 8.12. The Kier molecular flexibility index (Phi) is 3.58. The summed E-state index contributed by atoms with van der Waals surface area (Å²) >= 11 is 0. The van der Waals surface area contributed by atoms with Crippen LogP contribution in [0.15, 0.2) is 36.4 Å². The molecule has 0 bridgehead atoms. The van der Waals surface area contributed by atoms with E-state index >= 15 is 0 Å². The van der Waals surface area contributed by atoms with Crippen molar-refractivity contribution in [3.8, 4) is 11.5 Å². The fourth-order valence-corrected chi connectivity index (χ4v) is 2.51. The quantitative estimate of drug-likeness (QED) is 0.462. The van der Waals surface area contributed by atoms with Gasteiger partial charge in [0.05, 0.1) is 22.1 Å². The lowest BCUT2D eigenvalue weighted by atomic mass is 10.3. The lowest BCUT2D eigenvalue weighted by molar-refractivity contribution is -0.144. The maximum absolute atomic E-state index is 12.7. The second kappa shape index (κ2) is 5.63. The van der Waals surface area contributed by atoms with E-state index in [4.69, 9.17) is 4.74 Å². The summed E-state index contributed by atoms with van der Waals surface area (Å²) in [4.78, 5) is 11.2. The second-order valence-corrected chi connectivity index (χ2v) is 5.63. The Hall–Kier alpha value is -3.24. The lowest BCUT2D eigenvalue weighted by Gasteiger charge is -2.05. The molecule has 0 saturated heterocycles. The number of fused-ring (bicyclic) bond motifs is 2. The zero-order chi connectivity index (χ0) is 19.4. The SMILES string of the molecule is FC(F)(F)c1nc2ccc(Oc3ccc4nc(C(F)(F)F)[nH]c4c3)cc2[nH]1. The van der Waals surface area contributed by atoms with E-state index in [2.05, 4.69) is 19.9 Å². The Bertz CT molecular complexity index is 1050. The van der Waals surface area contributed by atoms with E-state index in [0.717, 1.165) is 0 Å². The fraction of sp³-hybridized carbons (Fsp3) is 0.125. The summed E-state index contributed by atoms with van der Waals surface area (Å²) in [5, 5.41) is 0. The van der Waals surface area contributed by atoms with E-state index < -0.39 is 24.0 Å². The molecule has 4 rings (SSSR count). The van der Waals surface area contributed by atoms with Gasteiger partial charge in [-0.3, -0.25) is 0 Å². The number of aromatic nitrogens is 4. The predicted molar refractivity (Wildman–Crippen MR) is 82.3 cm³/mol. The van der Waals surface area contributed by atoms with Crippen LogP contribution in [0.25, 0.3) is 22.1 Å². The van der Waals surface area contributed by atoms with E-state index in [9.17, 15) is 26.3 Å². The third-order valence-corrected chi connectivity index (χ3v) is 3.68. The molecule has 0 spiro atoms. The highest BCUT2D eigenvalue weighted by molar-refractivity contribution is 5.78. The first-order valence-electron chi connectivity index (χ1n) is 7.41. The van der Waals surface area contributed by atoms with Gasteiger partial charge < -0.3 is 14.7 Å². The minimum Gasteiger partial charge on any atom is -0.457 e. The number of aromatic amines is 2. The summed E-state index contributed by atoms with van der Waals surface area (Å²) in [7, 11) is 0. The maximum Gasteiger partial charge on any atom is 0.449 e. The van der Waals surface area contributed by atoms with Gasteiger partial charge in [-0.25, -0.2) is 9.97 Å². The number of rotatable bonds is 2. The van der Waals surface area contributed by atoms with Crippen molar-refractivity contribution in [2.24, 2.45) is 0 Å². The molecule has 0 aliphatic rings. The van der Waals surface area contributed by atoms with Crippen molar-refractivity contribution in [1.29, 1.82) is 0 Å². The first-order chi connectivity index (χ1) is 12.6. The molecule has 2 N–H and O–H groups in total. The van der Waals surface area contributed by atoms with Crippen molar-refractivity contribution in [3.05, 3.63) is 48.0 Å². The van der Waals surface area contributed by atoms with E-state index in [-0.39, 0.29) is 33.6 Å². The van der Waals surface area contributed by atoms with Crippen LogP contribution >= 0.6 is 0 Å². The molecule has 0 radical (unpaired) electrons. The Morgan fingerprint density at radius 1 is 0.667 bits per heavy atom. The smallest absolute Gasteiger partial charge is 0.449 e. The van der Waals surface area contributed by atoms with Gasteiger partial charge in [-0.15, -0.1) is 0 Å². The van der Waals surface area contributed by atoms with Gasteiger partial charge in [-0.2, -0.15) is 26.3 Å². The standard InChI is InChI=1S/C16H8F6N4O/c17-15(18,19)13-23-9-3-1-7(5-11(9)25-13)27-8-2-4-10-12(6-8)26-14(24-10)16(20,21)22/h1-6H,(H,23,25)(H,24,26). The van der Waals surface area contributed by atoms with E-state index in [1.807, 2.05) is 0 Å². The van der Waals surface area contributed by atoms with Gasteiger partial charge in [0.25, 0.3) is 0 Å². The van der Waals surface area contributed by atoms with Gasteiger partial charge >= 0.3 is 12.4 Å². The first-order valence-corrected chi connectivity index (χ1v) is 7.41. The van der Waals surface area contributed by atoms with Gasteiger partial charge in [0.1, 0.15) is 11.5 Å². The number of H-pyrrole nitrogens is 2. The monoisotopic (exact) mass is 386 g/mol. The minimum absolute atomic E-state index is 0.105. The number of nitrogens with zero attached hydrogens (tertiary/aromatic N) is 2. The molecule has 0 aliphatic heterocycles. The van der Waals surface area contributed by atoms with Crippen LogP contribution in [0.2, 0.25) is 0 Å². The molecule has 0 unspecified atom stereocenters. The zero-order valence-electron chi connectivity index (χ0n) is 13.0. The molecule has 0 fully saturated rings. The van der Waals surface area contributed by atoms with Crippen LogP contribution in [0.3, 0.4) is 0 Å². The molecule has 2 heterocycles. The molecule has 0 aliphatic carbocycles. The first kappa shape index (κ1) is 17.2. The molecular formula is C16H8F6N4O. The van der Waals surface area contributed by atoms with Crippen LogP contribution in [0.1, 0.15) is 11.6 Å². The van der Waals surface area contributed by atoms with Crippen molar-refractivity contribution < 1.29 is 31.1 Å². The molecule has 0 saturated carbocycles. The fourth-order valence-electron chi connectivity index (χ4n) is 2.51. The summed E-state index contributed by atoms with van der Waals surface area (Å²) in [6.07, 6.45) is -9.22. The maximum atomic E-state index is 12.7. The van der Waals surface area contributed by atoms with Crippen LogP contribution in [0.5, 0.6) is 11.5 Å². The summed E-state index contributed by atoms with van der Waals surface area (Å²) in [5.41, 5.74) is 0.436. The number of ether oxygens (including phenoxy) is 1. The molecule has 2 aromatic heterocycles. The van der Waals surface area contributed by atoms with E-state index in [1.54, 1.807) is 0 Å². The molecule has 4 aromatic rings. The van der Waals surface area contributed by atoms with Crippen molar-refractivity contribution in [2.45, 2.75) is 12.4 Å². The highest BCUT2D eigenvalue weighted by atomic mass is 19.4. The number of halogens is 6. The Balaban J connectivity index is 1.65. The molecule has 5 nitrogen and oxygen atoms in total. The van der Waals surface area contributed by atoms with Crippen molar-refractivity contribution >= 4 is 22.1 Å². The lowest BCUT2D eigenvalue weighted by Crippen LogP contribution is -2.06. The molecular weight excluding hydrogens is 378 g/mol. The molecule has 27 heavy (non-hydrogen) atoms. The number of hydrogen-bond donors (Lipinski definition) is 2. The van der Waals surface area contributed by atoms with E-state index in [1.165, 1.54) is 36.4 Å². The van der Waals surface area contributed by atoms with Crippen LogP contribution in [0.4, 0.5) is 26.3 Å². The molecule has 0 atom stereocenters. The third-order valence-electron chi connectivity index (χ3n) is 3.68. The van der Waals surface area contributed by atoms with Gasteiger partial charge in [-0.1, -0.05) is 0 Å². The highest BCUT2D eigenvalue weighted by Gasteiger charge is 2.35. The molecule has 140 valence electrons. The average Bonchev–Trinajstić information content (AvgIpc) is 3.16. The van der Waals surface area contributed by atoms with Gasteiger partial charge in [0.15, 0.2) is 0 Å². The second-order valence-electron chi connectivity index (χ2n) is 5.63. The van der Waals surface area contributed by atoms with Crippen LogP contribution < -0.4 is 4.74 Å². The van der Waals surface area contributed by atoms with Crippen LogP contribution in [0, 0.1) is 0 Å². The summed E-state index contributed by atoms with van der Waals surface area (Å²) < 4.78 is 81.7. The largest absolute Gasteiger partial charge is 0.457 e. The Morgan fingerprint density at radius 2 is 1.07 bits per heavy atom. The van der Waals surface area contributed by atoms with Crippen molar-refractivity contribution in [3.63, 3.8) is 0 Å². The zero-order valence-corrected chi connectivity index (χ0v) is 13.0. The molecule has 2 aromatic carbocycles. The number of hydrogen-bond acceptors (Lipinski definition) is 3. The average molecular weight is 386 g/mol. The summed E-state index contributed by atoms with van der Waals surface area (Å²) in [6.45, 7) is 0. The predicted octanol–water partition coefficient (Wildman–Crippen LogP) is 5.27. The molecule has 0 amide bonds. The number of alkyl halides is 6. The topological polar surface area (TPSA) is 66.6 Å². The van der Waals surface area contributed by atoms with Crippen molar-refractivity contribution in [1.82, 2.24) is 19.9 Å². The number of nitrogens with one attached hydrogen (secondary N) is 2. The Labute approximate surface area is 146 Å². The summed E-state index contributed by atoms with van der Waals surface area (Å²) in [5.74, 6) is -1.88. The van der Waals surface area contributed by atoms with Crippen molar-refractivity contribution in [2.75, 3.05) is 0 Å². The minimum atomic E-state index is -4.61. The van der Waals surface area contributed by atoms with Crippen LogP contribution in [-0.4, -0.2) is 19.9 Å². The number of benzene rings is 2.